The van der Waals surface area contributed by atoms with E-state index in [1.165, 1.54) is 16.2 Å². The van der Waals surface area contributed by atoms with Crippen LogP contribution in [-0.2, 0) is 16.9 Å². The van der Waals surface area contributed by atoms with E-state index in [0.717, 1.165) is 17.4 Å². The van der Waals surface area contributed by atoms with E-state index < -0.39 is 15.9 Å². The second-order valence-electron chi connectivity index (χ2n) is 8.07. The van der Waals surface area contributed by atoms with Gasteiger partial charge in [0, 0.05) is 13.3 Å². The summed E-state index contributed by atoms with van der Waals surface area (Å²) < 4.78 is 38.8. The zero-order valence-electron chi connectivity index (χ0n) is 19.6. The average Bonchev–Trinajstić information content (AvgIpc) is 3.07. The molecule has 1 atom stereocenters. The van der Waals surface area contributed by atoms with E-state index >= 15 is 0 Å². The molecule has 0 radical (unpaired) electrons. The molecular formula is C25H27N3O5S. The van der Waals surface area contributed by atoms with Crippen molar-refractivity contribution in [3.63, 3.8) is 0 Å². The first-order chi connectivity index (χ1) is 16.2. The van der Waals surface area contributed by atoms with Crippen molar-refractivity contribution in [3.05, 3.63) is 76.8 Å². The standard InChI is InChI=1S/C25H27N3O5S/c1-5-33-24-23(32-3)14-12-19(26-24)22(16-34(4,30)31)28-20-13-11-18(17-9-7-6-8-10-17)15-21(20)27(2)25(28)29/h6-15,22H,5,16H2,1-4H3. The Kier molecular flexibility index (Phi) is 6.47. The second-order valence-corrected chi connectivity index (χ2v) is 10.3. The number of benzene rings is 2. The van der Waals surface area contributed by atoms with E-state index in [9.17, 15) is 13.2 Å². The summed E-state index contributed by atoms with van der Waals surface area (Å²) in [5.74, 6) is 0.388. The third-order valence-electron chi connectivity index (χ3n) is 5.66. The van der Waals surface area contributed by atoms with Gasteiger partial charge >= 0.3 is 5.69 Å². The van der Waals surface area contributed by atoms with Crippen LogP contribution in [-0.4, -0.2) is 48.3 Å². The summed E-state index contributed by atoms with van der Waals surface area (Å²) in [6, 6.07) is 18.1. The lowest BCUT2D eigenvalue weighted by atomic mass is 10.1. The van der Waals surface area contributed by atoms with Gasteiger partial charge in [-0.15, -0.1) is 0 Å². The molecule has 0 saturated carbocycles. The van der Waals surface area contributed by atoms with Crippen LogP contribution in [0.3, 0.4) is 0 Å². The molecule has 0 bridgehead atoms. The molecule has 2 aromatic carbocycles. The molecule has 34 heavy (non-hydrogen) atoms. The van der Waals surface area contributed by atoms with Gasteiger partial charge in [0.25, 0.3) is 5.88 Å². The van der Waals surface area contributed by atoms with Crippen LogP contribution in [0, 0.1) is 0 Å². The molecular weight excluding hydrogens is 454 g/mol. The predicted octanol–water partition coefficient (Wildman–Crippen LogP) is 3.44. The Morgan fingerprint density at radius 2 is 1.74 bits per heavy atom. The molecule has 8 nitrogen and oxygen atoms in total. The molecule has 9 heteroatoms. The number of aromatic nitrogens is 3. The third kappa shape index (κ3) is 4.56. The number of sulfone groups is 1. The lowest BCUT2D eigenvalue weighted by Crippen LogP contribution is -2.31. The number of imidazole rings is 1. The van der Waals surface area contributed by atoms with Crippen molar-refractivity contribution < 1.29 is 17.9 Å². The van der Waals surface area contributed by atoms with Crippen LogP contribution in [0.2, 0.25) is 0 Å². The maximum absolute atomic E-state index is 13.4. The lowest BCUT2D eigenvalue weighted by Gasteiger charge is -2.19. The highest BCUT2D eigenvalue weighted by molar-refractivity contribution is 7.90. The molecule has 0 saturated heterocycles. The van der Waals surface area contributed by atoms with Crippen LogP contribution in [0.25, 0.3) is 22.2 Å². The molecule has 0 fully saturated rings. The summed E-state index contributed by atoms with van der Waals surface area (Å²) in [5.41, 5.74) is 3.37. The Hall–Kier alpha value is -3.59. The van der Waals surface area contributed by atoms with Gasteiger partial charge in [0.15, 0.2) is 5.75 Å². The number of hydrogen-bond donors (Lipinski definition) is 0. The Labute approximate surface area is 198 Å². The largest absolute Gasteiger partial charge is 0.491 e. The van der Waals surface area contributed by atoms with Crippen LogP contribution >= 0.6 is 0 Å². The number of aryl methyl sites for hydroxylation is 1. The van der Waals surface area contributed by atoms with Crippen molar-refractivity contribution in [2.24, 2.45) is 7.05 Å². The summed E-state index contributed by atoms with van der Waals surface area (Å²) in [4.78, 5) is 18.0. The normalized spacial score (nSPS) is 12.6. The smallest absolute Gasteiger partial charge is 0.329 e. The van der Waals surface area contributed by atoms with Crippen LogP contribution in [0.4, 0.5) is 0 Å². The Balaban J connectivity index is 1.93. The van der Waals surface area contributed by atoms with E-state index in [2.05, 4.69) is 4.98 Å². The molecule has 4 rings (SSSR count). The fraction of sp³-hybridized carbons (Fsp3) is 0.280. The monoisotopic (exact) mass is 481 g/mol. The van der Waals surface area contributed by atoms with Gasteiger partial charge in [-0.05, 0) is 42.3 Å². The summed E-state index contributed by atoms with van der Waals surface area (Å²) in [6.07, 6.45) is 1.15. The molecule has 2 heterocycles. The minimum atomic E-state index is -3.47. The molecule has 0 spiro atoms. The molecule has 1 unspecified atom stereocenters. The molecule has 0 aliphatic carbocycles. The van der Waals surface area contributed by atoms with E-state index in [-0.39, 0.29) is 17.3 Å². The minimum absolute atomic E-state index is 0.251. The second kappa shape index (κ2) is 9.34. The highest BCUT2D eigenvalue weighted by atomic mass is 32.2. The number of nitrogens with zero attached hydrogens (tertiary/aromatic N) is 3. The molecule has 0 amide bonds. The number of hydrogen-bond acceptors (Lipinski definition) is 6. The maximum Gasteiger partial charge on any atom is 0.329 e. The van der Waals surface area contributed by atoms with Crippen LogP contribution < -0.4 is 15.2 Å². The lowest BCUT2D eigenvalue weighted by molar-refractivity contribution is 0.296. The zero-order valence-corrected chi connectivity index (χ0v) is 20.4. The van der Waals surface area contributed by atoms with Crippen LogP contribution in [0.5, 0.6) is 11.6 Å². The molecule has 0 N–H and O–H groups in total. The maximum atomic E-state index is 13.4. The SMILES string of the molecule is CCOc1nc(C(CS(C)(=O)=O)n2c(=O)n(C)c3cc(-c4ccccc4)ccc32)ccc1OC. The van der Waals surface area contributed by atoms with Gasteiger partial charge in [0.1, 0.15) is 9.84 Å². The summed E-state index contributed by atoms with van der Waals surface area (Å²) >= 11 is 0. The quantitative estimate of drug-likeness (QED) is 0.383. The van der Waals surface area contributed by atoms with E-state index in [4.69, 9.17) is 9.47 Å². The van der Waals surface area contributed by atoms with Crippen molar-refractivity contribution >= 4 is 20.9 Å². The number of rotatable bonds is 8. The van der Waals surface area contributed by atoms with Crippen molar-refractivity contribution in [3.8, 4) is 22.8 Å². The highest BCUT2D eigenvalue weighted by Gasteiger charge is 2.27. The van der Waals surface area contributed by atoms with Gasteiger partial charge in [-0.1, -0.05) is 36.4 Å². The van der Waals surface area contributed by atoms with Crippen molar-refractivity contribution in [1.82, 2.24) is 14.1 Å². The first-order valence-electron chi connectivity index (χ1n) is 10.9. The Bertz CT molecular complexity index is 1490. The van der Waals surface area contributed by atoms with Crippen molar-refractivity contribution in [1.29, 1.82) is 0 Å². The Morgan fingerprint density at radius 3 is 2.38 bits per heavy atom. The van der Waals surface area contributed by atoms with E-state index in [1.54, 1.807) is 19.2 Å². The fourth-order valence-electron chi connectivity index (χ4n) is 4.08. The van der Waals surface area contributed by atoms with Gasteiger partial charge in [0.05, 0.1) is 42.2 Å². The minimum Gasteiger partial charge on any atom is -0.491 e. The topological polar surface area (TPSA) is 92.4 Å². The molecule has 2 aromatic heterocycles. The van der Waals surface area contributed by atoms with Gasteiger partial charge in [-0.3, -0.25) is 9.13 Å². The van der Waals surface area contributed by atoms with Gasteiger partial charge < -0.3 is 9.47 Å². The van der Waals surface area contributed by atoms with E-state index in [0.29, 0.717) is 29.1 Å². The van der Waals surface area contributed by atoms with Crippen molar-refractivity contribution in [2.75, 3.05) is 25.7 Å². The third-order valence-corrected chi connectivity index (χ3v) is 6.58. The predicted molar refractivity (Wildman–Crippen MR) is 132 cm³/mol. The summed E-state index contributed by atoms with van der Waals surface area (Å²) in [5, 5.41) is 0. The first kappa shape index (κ1) is 23.6. The molecule has 178 valence electrons. The summed E-state index contributed by atoms with van der Waals surface area (Å²) in [7, 11) is -0.281. The van der Waals surface area contributed by atoms with Crippen molar-refractivity contribution in [2.45, 2.75) is 13.0 Å². The zero-order chi connectivity index (χ0) is 24.5. The van der Waals surface area contributed by atoms with Gasteiger partial charge in [0.2, 0.25) is 0 Å². The number of methoxy groups -OCH3 is 1. The van der Waals surface area contributed by atoms with Crippen LogP contribution in [0.15, 0.2) is 65.5 Å². The van der Waals surface area contributed by atoms with Crippen LogP contribution in [0.1, 0.15) is 18.7 Å². The Morgan fingerprint density at radius 1 is 1.00 bits per heavy atom. The molecule has 0 aliphatic heterocycles. The average molecular weight is 482 g/mol. The number of pyridine rings is 1. The van der Waals surface area contributed by atoms with Gasteiger partial charge in [-0.25, -0.2) is 18.2 Å². The number of fused-ring (bicyclic) bond motifs is 1. The first-order valence-corrected chi connectivity index (χ1v) is 12.9. The van der Waals surface area contributed by atoms with Gasteiger partial charge in [-0.2, -0.15) is 0 Å². The highest BCUT2D eigenvalue weighted by Crippen LogP contribution is 2.31. The fourth-order valence-corrected chi connectivity index (χ4v) is 4.97. The molecule has 0 aliphatic rings. The number of ether oxygens (including phenoxy) is 2. The molecule has 4 aromatic rings. The van der Waals surface area contributed by atoms with E-state index in [1.807, 2.05) is 55.5 Å². The summed E-state index contributed by atoms with van der Waals surface area (Å²) in [6.45, 7) is 2.18.